The van der Waals surface area contributed by atoms with Crippen LogP contribution in [-0.4, -0.2) is 65.1 Å². The van der Waals surface area contributed by atoms with Gasteiger partial charge in [-0.15, -0.1) is 0 Å². The smallest absolute Gasteiger partial charge is 0.261 e. The van der Waals surface area contributed by atoms with Crippen LogP contribution >= 0.6 is 14.7 Å². The molecule has 50 heavy (non-hydrogen) atoms. The molecule has 0 amide bonds. The fourth-order valence-corrected chi connectivity index (χ4v) is 9.77. The summed E-state index contributed by atoms with van der Waals surface area (Å²) in [6.07, 6.45) is -0.546. The Morgan fingerprint density at radius 2 is 0.780 bits per heavy atom. The topological polar surface area (TPSA) is 108 Å². The molecule has 0 N–H and O–H groups in total. The number of rotatable bonds is 8. The van der Waals surface area contributed by atoms with Crippen molar-refractivity contribution >= 4 is 36.0 Å². The van der Waals surface area contributed by atoms with Crippen molar-refractivity contribution in [1.82, 2.24) is 0 Å². The van der Waals surface area contributed by atoms with E-state index in [4.69, 9.17) is 37.5 Å². The molecule has 0 aromatic heterocycles. The molecule has 4 aromatic carbocycles. The standard InChI is InChI=1S/C38H46O10P2/c1-29(2)47-49(39,31-11-7-5-8-12-31)33-15-17-35-37(27-33)45-25-21-42-22-26-46-38-28-34(16-18-36(38)44-24-20-41-19-23-43-35)50(40,48-30(3)4)32-13-9-6-10-14-32/h5-18,27-30H,19-26H2,1-4H3. The van der Waals surface area contributed by atoms with E-state index in [0.717, 1.165) is 0 Å². The fraction of sp³-hybridized carbons (Fsp3) is 0.368. The van der Waals surface area contributed by atoms with Crippen molar-refractivity contribution in [2.75, 3.05) is 52.9 Å². The van der Waals surface area contributed by atoms with Gasteiger partial charge in [0.2, 0.25) is 0 Å². The van der Waals surface area contributed by atoms with Gasteiger partial charge in [0.05, 0.1) is 38.6 Å². The summed E-state index contributed by atoms with van der Waals surface area (Å²) >= 11 is 0. The predicted octanol–water partition coefficient (Wildman–Crippen LogP) is 6.26. The third-order valence-electron chi connectivity index (χ3n) is 7.39. The van der Waals surface area contributed by atoms with Gasteiger partial charge in [0.25, 0.3) is 14.7 Å². The molecule has 0 spiro atoms. The summed E-state index contributed by atoms with van der Waals surface area (Å²) in [5.74, 6) is 1.81. The van der Waals surface area contributed by atoms with Crippen LogP contribution in [-0.2, 0) is 27.7 Å². The molecular weight excluding hydrogens is 678 g/mol. The normalized spacial score (nSPS) is 17.2. The largest absolute Gasteiger partial charge is 0.487 e. The molecule has 0 bridgehead atoms. The van der Waals surface area contributed by atoms with Crippen molar-refractivity contribution in [1.29, 1.82) is 0 Å². The molecule has 4 aromatic rings. The van der Waals surface area contributed by atoms with Crippen molar-refractivity contribution in [3.05, 3.63) is 97.1 Å². The van der Waals surface area contributed by atoms with Crippen LogP contribution in [0.25, 0.3) is 0 Å². The van der Waals surface area contributed by atoms with Crippen LogP contribution in [0.1, 0.15) is 27.7 Å². The zero-order chi connectivity index (χ0) is 35.4. The lowest BCUT2D eigenvalue weighted by molar-refractivity contribution is 0.0640. The second-order valence-corrected chi connectivity index (χ2v) is 16.7. The monoisotopic (exact) mass is 724 g/mol. The molecule has 1 heterocycles. The highest BCUT2D eigenvalue weighted by atomic mass is 31.2. The summed E-state index contributed by atoms with van der Waals surface area (Å²) in [6.45, 7) is 9.43. The first kappa shape index (κ1) is 37.6. The lowest BCUT2D eigenvalue weighted by Crippen LogP contribution is -2.22. The molecule has 0 aliphatic carbocycles. The number of fused-ring (bicyclic) bond motifs is 2. The molecule has 0 radical (unpaired) electrons. The summed E-state index contributed by atoms with van der Waals surface area (Å²) in [7, 11) is -6.86. The first-order valence-electron chi connectivity index (χ1n) is 16.8. The van der Waals surface area contributed by atoms with E-state index in [9.17, 15) is 9.13 Å². The summed E-state index contributed by atoms with van der Waals surface area (Å²) in [4.78, 5) is 0. The maximum atomic E-state index is 14.4. The first-order chi connectivity index (χ1) is 24.2. The first-order valence-corrected chi connectivity index (χ1v) is 20.1. The van der Waals surface area contributed by atoms with Crippen molar-refractivity contribution < 1.29 is 46.6 Å². The quantitative estimate of drug-likeness (QED) is 0.194. The molecule has 2 atom stereocenters. The van der Waals surface area contributed by atoms with Crippen LogP contribution in [0.2, 0.25) is 0 Å². The summed E-state index contributed by atoms with van der Waals surface area (Å²) in [6, 6.07) is 28.8. The number of benzene rings is 4. The van der Waals surface area contributed by atoms with Crippen LogP contribution in [0.3, 0.4) is 0 Å². The molecule has 1 aliphatic rings. The maximum Gasteiger partial charge on any atom is 0.261 e. The zero-order valence-corrected chi connectivity index (χ0v) is 30.8. The highest BCUT2D eigenvalue weighted by Gasteiger charge is 2.32. The van der Waals surface area contributed by atoms with Gasteiger partial charge in [0.1, 0.15) is 26.4 Å². The second-order valence-electron chi connectivity index (χ2n) is 12.0. The zero-order valence-electron chi connectivity index (χ0n) is 29.0. The van der Waals surface area contributed by atoms with Crippen LogP contribution < -0.4 is 40.2 Å². The average molecular weight is 725 g/mol. The molecular formula is C38H46O10P2. The molecule has 2 unspecified atom stereocenters. The van der Waals surface area contributed by atoms with E-state index < -0.39 is 14.7 Å². The van der Waals surface area contributed by atoms with Crippen LogP contribution in [0.4, 0.5) is 0 Å². The van der Waals surface area contributed by atoms with Gasteiger partial charge < -0.3 is 37.5 Å². The fourth-order valence-electron chi connectivity index (χ4n) is 5.25. The molecule has 10 nitrogen and oxygen atoms in total. The highest BCUT2D eigenvalue weighted by Crippen LogP contribution is 2.48. The summed E-state index contributed by atoms with van der Waals surface area (Å²) in [5, 5.41) is 2.19. The predicted molar refractivity (Wildman–Crippen MR) is 196 cm³/mol. The Labute approximate surface area is 294 Å². The maximum absolute atomic E-state index is 14.4. The van der Waals surface area contributed by atoms with Gasteiger partial charge >= 0.3 is 0 Å². The lowest BCUT2D eigenvalue weighted by atomic mass is 10.3. The second kappa shape index (κ2) is 18.0. The lowest BCUT2D eigenvalue weighted by Gasteiger charge is -2.23. The van der Waals surface area contributed by atoms with E-state index >= 15 is 0 Å². The molecule has 1 aliphatic heterocycles. The van der Waals surface area contributed by atoms with E-state index in [0.29, 0.717) is 57.4 Å². The third kappa shape index (κ3) is 9.79. The van der Waals surface area contributed by atoms with Crippen molar-refractivity contribution in [2.45, 2.75) is 39.9 Å². The van der Waals surface area contributed by atoms with E-state index in [1.54, 1.807) is 60.7 Å². The summed E-state index contributed by atoms with van der Waals surface area (Å²) < 4.78 is 76.8. The SMILES string of the molecule is CC(C)OP(=O)(c1ccccc1)c1ccc2c(c1)OCCOCCOc1cc(P(=O)(OC(C)C)c3ccccc3)ccc1OCCOCCO2. The molecule has 268 valence electrons. The van der Waals surface area contributed by atoms with E-state index in [2.05, 4.69) is 0 Å². The highest BCUT2D eigenvalue weighted by molar-refractivity contribution is 7.74. The van der Waals surface area contributed by atoms with Gasteiger partial charge in [-0.05, 0) is 88.4 Å². The van der Waals surface area contributed by atoms with Crippen molar-refractivity contribution in [3.63, 3.8) is 0 Å². The Kier molecular flexibility index (Phi) is 13.6. The molecule has 5 rings (SSSR count). The average Bonchev–Trinajstić information content (AvgIpc) is 3.11. The molecule has 0 fully saturated rings. The van der Waals surface area contributed by atoms with Gasteiger partial charge in [-0.2, -0.15) is 0 Å². The van der Waals surface area contributed by atoms with Crippen LogP contribution in [0.15, 0.2) is 97.1 Å². The van der Waals surface area contributed by atoms with E-state index in [1.807, 2.05) is 64.1 Å². The summed E-state index contributed by atoms with van der Waals surface area (Å²) in [5.41, 5.74) is 0. The van der Waals surface area contributed by atoms with Crippen LogP contribution in [0, 0.1) is 0 Å². The third-order valence-corrected chi connectivity index (χ3v) is 12.7. The van der Waals surface area contributed by atoms with Gasteiger partial charge in [-0.25, -0.2) is 0 Å². The minimum atomic E-state index is -3.43. The Morgan fingerprint density at radius 3 is 1.12 bits per heavy atom. The Bertz CT molecular complexity index is 1620. The number of ether oxygens (including phenoxy) is 6. The van der Waals surface area contributed by atoms with E-state index in [1.165, 1.54) is 0 Å². The molecule has 0 saturated carbocycles. The van der Waals surface area contributed by atoms with Gasteiger partial charge in [-0.3, -0.25) is 9.13 Å². The van der Waals surface area contributed by atoms with Gasteiger partial charge in [0, 0.05) is 21.2 Å². The van der Waals surface area contributed by atoms with Crippen molar-refractivity contribution in [2.24, 2.45) is 0 Å². The van der Waals surface area contributed by atoms with Gasteiger partial charge in [0.15, 0.2) is 23.0 Å². The minimum Gasteiger partial charge on any atom is -0.487 e. The number of hydrogen-bond acceptors (Lipinski definition) is 10. The molecule has 12 heteroatoms. The van der Waals surface area contributed by atoms with Crippen LogP contribution in [0.5, 0.6) is 23.0 Å². The number of hydrogen-bond donors (Lipinski definition) is 0. The van der Waals surface area contributed by atoms with Crippen molar-refractivity contribution in [3.8, 4) is 23.0 Å². The van der Waals surface area contributed by atoms with E-state index in [-0.39, 0.29) is 51.8 Å². The van der Waals surface area contributed by atoms with Gasteiger partial charge in [-0.1, -0.05) is 36.4 Å². The Hall–Kier alpha value is -3.62. The Balaban J connectivity index is 1.31. The Morgan fingerprint density at radius 1 is 0.440 bits per heavy atom. The molecule has 0 saturated heterocycles. The minimum absolute atomic E-state index is 0.202.